The van der Waals surface area contributed by atoms with E-state index in [2.05, 4.69) is 15.3 Å². The van der Waals surface area contributed by atoms with E-state index in [1.165, 1.54) is 0 Å². The van der Waals surface area contributed by atoms with E-state index in [4.69, 9.17) is 4.42 Å². The van der Waals surface area contributed by atoms with Crippen molar-refractivity contribution in [2.45, 2.75) is 0 Å². The average Bonchev–Trinajstić information content (AvgIpc) is 3.19. The summed E-state index contributed by atoms with van der Waals surface area (Å²) in [6.45, 7) is 0. The van der Waals surface area contributed by atoms with E-state index in [9.17, 15) is 9.59 Å². The quantitative estimate of drug-likeness (QED) is 0.478. The molecule has 0 fully saturated rings. The number of benzene rings is 3. The summed E-state index contributed by atoms with van der Waals surface area (Å²) in [6, 6.07) is 23.5. The van der Waals surface area contributed by atoms with Crippen molar-refractivity contribution in [3.63, 3.8) is 0 Å². The molecule has 2 N–H and O–H groups in total. The first-order chi connectivity index (χ1) is 14.2. The van der Waals surface area contributed by atoms with Gasteiger partial charge in [0.2, 0.25) is 5.89 Å². The summed E-state index contributed by atoms with van der Waals surface area (Å²) in [6.07, 6.45) is 0. The van der Waals surface area contributed by atoms with Gasteiger partial charge in [0.1, 0.15) is 5.69 Å². The van der Waals surface area contributed by atoms with Gasteiger partial charge in [0.25, 0.3) is 5.91 Å². The fraction of sp³-hybridized carbons (Fsp3) is 0. The fourth-order valence-electron chi connectivity index (χ4n) is 3.30. The van der Waals surface area contributed by atoms with Gasteiger partial charge in [-0.3, -0.25) is 4.79 Å². The van der Waals surface area contributed by atoms with E-state index in [0.29, 0.717) is 27.8 Å². The zero-order valence-electron chi connectivity index (χ0n) is 15.2. The van der Waals surface area contributed by atoms with Crippen LogP contribution in [0.2, 0.25) is 0 Å². The number of aromatic amines is 1. The smallest absolute Gasteiger partial charge is 0.347 e. The average molecular weight is 381 g/mol. The van der Waals surface area contributed by atoms with Crippen LogP contribution in [0.15, 0.2) is 88.1 Å². The number of carbonyl (C=O) groups is 1. The Morgan fingerprint density at radius 1 is 0.931 bits per heavy atom. The van der Waals surface area contributed by atoms with Crippen LogP contribution < -0.4 is 10.9 Å². The van der Waals surface area contributed by atoms with Gasteiger partial charge in [-0.05, 0) is 36.4 Å². The van der Waals surface area contributed by atoms with E-state index >= 15 is 0 Å². The molecule has 0 radical (unpaired) electrons. The third kappa shape index (κ3) is 3.06. The highest BCUT2D eigenvalue weighted by Crippen LogP contribution is 2.27. The van der Waals surface area contributed by atoms with E-state index in [-0.39, 0.29) is 11.8 Å². The molecule has 0 saturated heterocycles. The Bertz CT molecular complexity index is 1400. The monoisotopic (exact) mass is 381 g/mol. The van der Waals surface area contributed by atoms with Crippen LogP contribution in [0.25, 0.3) is 33.3 Å². The third-order valence-electron chi connectivity index (χ3n) is 4.72. The van der Waals surface area contributed by atoms with Gasteiger partial charge in [0.05, 0.1) is 22.2 Å². The molecule has 29 heavy (non-hydrogen) atoms. The van der Waals surface area contributed by atoms with Gasteiger partial charge in [0.15, 0.2) is 0 Å². The summed E-state index contributed by atoms with van der Waals surface area (Å²) >= 11 is 0. The number of fused-ring (bicyclic) bond motifs is 2. The highest BCUT2D eigenvalue weighted by Gasteiger charge is 2.15. The molecule has 5 rings (SSSR count). The number of hydrogen-bond acceptors (Lipinski definition) is 4. The summed E-state index contributed by atoms with van der Waals surface area (Å²) < 4.78 is 5.43. The van der Waals surface area contributed by atoms with Crippen LogP contribution >= 0.6 is 0 Å². The highest BCUT2D eigenvalue weighted by atomic mass is 16.4. The van der Waals surface area contributed by atoms with Crippen LogP contribution in [0.5, 0.6) is 0 Å². The van der Waals surface area contributed by atoms with E-state index in [1.807, 2.05) is 30.3 Å². The molecule has 0 aliphatic carbocycles. The Kier molecular flexibility index (Phi) is 3.95. The lowest BCUT2D eigenvalue weighted by molar-refractivity contribution is 0.102. The molecule has 5 aromatic rings. The normalized spacial score (nSPS) is 11.0. The Balaban J connectivity index is 1.54. The van der Waals surface area contributed by atoms with Crippen molar-refractivity contribution in [3.8, 4) is 11.5 Å². The van der Waals surface area contributed by atoms with Gasteiger partial charge in [-0.2, -0.15) is 0 Å². The molecular formula is C23H15N3O3. The molecule has 2 aromatic heterocycles. The SMILES string of the molecule is O=C(Nc1ccccc1-c1nc2ccccc2c(=O)o1)c1cc2ccccc2[nH]1. The molecule has 0 saturated carbocycles. The Hall–Kier alpha value is -4.19. The minimum absolute atomic E-state index is 0.154. The highest BCUT2D eigenvalue weighted by molar-refractivity contribution is 6.07. The third-order valence-corrected chi connectivity index (χ3v) is 4.72. The first-order valence-corrected chi connectivity index (χ1v) is 9.07. The lowest BCUT2D eigenvalue weighted by atomic mass is 10.1. The molecule has 0 atom stereocenters. The second kappa shape index (κ2) is 6.76. The Labute approximate surface area is 164 Å². The standard InChI is InChI=1S/C23H15N3O3/c27-21(20-13-14-7-1-4-10-17(14)24-20)25-18-11-5-2-8-15(18)22-26-19-12-6-3-9-16(19)23(28)29-22/h1-13,24H,(H,25,27). The number of H-pyrrole nitrogens is 1. The molecule has 6 nitrogen and oxygen atoms in total. The molecule has 0 aliphatic rings. The molecule has 3 aromatic carbocycles. The molecule has 140 valence electrons. The topological polar surface area (TPSA) is 88.0 Å². The number of nitrogens with zero attached hydrogens (tertiary/aromatic N) is 1. The number of amides is 1. The molecule has 6 heteroatoms. The fourth-order valence-corrected chi connectivity index (χ4v) is 3.30. The first kappa shape index (κ1) is 16.9. The molecule has 0 unspecified atom stereocenters. The van der Waals surface area contributed by atoms with E-state index in [1.54, 1.807) is 48.5 Å². The zero-order valence-corrected chi connectivity index (χ0v) is 15.2. The van der Waals surface area contributed by atoms with Crippen molar-refractivity contribution in [1.29, 1.82) is 0 Å². The van der Waals surface area contributed by atoms with Gasteiger partial charge in [0, 0.05) is 10.9 Å². The van der Waals surface area contributed by atoms with Crippen LogP contribution in [0.3, 0.4) is 0 Å². The van der Waals surface area contributed by atoms with Crippen LogP contribution in [0.1, 0.15) is 10.5 Å². The van der Waals surface area contributed by atoms with E-state index in [0.717, 1.165) is 10.9 Å². The maximum Gasteiger partial charge on any atom is 0.347 e. The van der Waals surface area contributed by atoms with Crippen molar-refractivity contribution >= 4 is 33.4 Å². The molecule has 0 aliphatic heterocycles. The largest absolute Gasteiger partial charge is 0.403 e. The zero-order chi connectivity index (χ0) is 19.8. The summed E-state index contributed by atoms with van der Waals surface area (Å²) in [5.41, 5.74) is 2.42. The lowest BCUT2D eigenvalue weighted by Crippen LogP contribution is -2.13. The summed E-state index contributed by atoms with van der Waals surface area (Å²) in [5.74, 6) is -0.141. The predicted octanol–water partition coefficient (Wildman–Crippen LogP) is 4.59. The minimum atomic E-state index is -0.470. The van der Waals surface area contributed by atoms with Crippen molar-refractivity contribution in [2.24, 2.45) is 0 Å². The minimum Gasteiger partial charge on any atom is -0.403 e. The Morgan fingerprint density at radius 3 is 2.59 bits per heavy atom. The maximum absolute atomic E-state index is 12.8. The molecule has 2 heterocycles. The Morgan fingerprint density at radius 2 is 1.69 bits per heavy atom. The van der Waals surface area contributed by atoms with Crippen LogP contribution in [0, 0.1) is 0 Å². The van der Waals surface area contributed by atoms with Crippen molar-refractivity contribution in [1.82, 2.24) is 9.97 Å². The number of aromatic nitrogens is 2. The number of para-hydroxylation sites is 3. The van der Waals surface area contributed by atoms with Crippen molar-refractivity contribution in [2.75, 3.05) is 5.32 Å². The van der Waals surface area contributed by atoms with Gasteiger partial charge < -0.3 is 14.7 Å². The molecular weight excluding hydrogens is 366 g/mol. The summed E-state index contributed by atoms with van der Waals surface area (Å²) in [5, 5.41) is 4.25. The maximum atomic E-state index is 12.8. The predicted molar refractivity (Wildman–Crippen MR) is 112 cm³/mol. The number of nitrogens with one attached hydrogen (secondary N) is 2. The molecule has 1 amide bonds. The second-order valence-corrected chi connectivity index (χ2v) is 6.59. The first-order valence-electron chi connectivity index (χ1n) is 9.07. The van der Waals surface area contributed by atoms with Gasteiger partial charge in [-0.1, -0.05) is 42.5 Å². The lowest BCUT2D eigenvalue weighted by Gasteiger charge is -2.09. The number of hydrogen-bond donors (Lipinski definition) is 2. The summed E-state index contributed by atoms with van der Waals surface area (Å²) in [4.78, 5) is 32.7. The number of anilines is 1. The van der Waals surface area contributed by atoms with Gasteiger partial charge in [-0.25, -0.2) is 9.78 Å². The van der Waals surface area contributed by atoms with Gasteiger partial charge >= 0.3 is 5.63 Å². The number of carbonyl (C=O) groups excluding carboxylic acids is 1. The van der Waals surface area contributed by atoms with Crippen LogP contribution in [0.4, 0.5) is 5.69 Å². The molecule has 0 spiro atoms. The van der Waals surface area contributed by atoms with E-state index < -0.39 is 5.63 Å². The van der Waals surface area contributed by atoms with Crippen LogP contribution in [-0.4, -0.2) is 15.9 Å². The summed E-state index contributed by atoms with van der Waals surface area (Å²) in [7, 11) is 0. The van der Waals surface area contributed by atoms with Gasteiger partial charge in [-0.15, -0.1) is 0 Å². The second-order valence-electron chi connectivity index (χ2n) is 6.59. The van der Waals surface area contributed by atoms with Crippen molar-refractivity contribution in [3.05, 3.63) is 95.0 Å². The van der Waals surface area contributed by atoms with Crippen LogP contribution in [-0.2, 0) is 0 Å². The molecule has 0 bridgehead atoms. The van der Waals surface area contributed by atoms with Crippen molar-refractivity contribution < 1.29 is 9.21 Å². The number of rotatable bonds is 3.